The summed E-state index contributed by atoms with van der Waals surface area (Å²) in [4.78, 5) is 17.4. The molecule has 2 unspecified atom stereocenters. The highest BCUT2D eigenvalue weighted by Crippen LogP contribution is 2.27. The van der Waals surface area contributed by atoms with Gasteiger partial charge in [0.2, 0.25) is 0 Å². The maximum Gasteiger partial charge on any atom is 0.337 e. The number of piperidine rings is 1. The van der Waals surface area contributed by atoms with E-state index in [9.17, 15) is 4.79 Å². The van der Waals surface area contributed by atoms with E-state index >= 15 is 0 Å². The van der Waals surface area contributed by atoms with Gasteiger partial charge in [-0.2, -0.15) is 5.11 Å². The maximum absolute atomic E-state index is 12.0. The Balaban J connectivity index is 1.55. The van der Waals surface area contributed by atoms with Gasteiger partial charge >= 0.3 is 5.97 Å². The van der Waals surface area contributed by atoms with Gasteiger partial charge in [-0.05, 0) is 37.5 Å². The van der Waals surface area contributed by atoms with Crippen LogP contribution in [-0.2, 0) is 9.63 Å². The highest BCUT2D eigenvalue weighted by Gasteiger charge is 2.38. The predicted molar refractivity (Wildman–Crippen MR) is 64.2 cm³/mol. The Kier molecular flexibility index (Phi) is 3.45. The summed E-state index contributed by atoms with van der Waals surface area (Å²) in [6.45, 7) is 0.934. The molecule has 18 heavy (non-hydrogen) atoms. The molecule has 0 aromatic carbocycles. The third kappa shape index (κ3) is 2.34. The molecule has 2 atom stereocenters. The molecule has 1 saturated carbocycles. The molecule has 3 aliphatic rings. The van der Waals surface area contributed by atoms with Crippen LogP contribution in [0.3, 0.4) is 0 Å². The fraction of sp³-hybridized carbons (Fsp3) is 0.917. The summed E-state index contributed by atoms with van der Waals surface area (Å²) in [5.74, 6) is -0.0849. The average Bonchev–Trinajstić information content (AvgIpc) is 2.83. The summed E-state index contributed by atoms with van der Waals surface area (Å²) in [6.07, 6.45) is 7.46. The minimum Gasteiger partial charge on any atom is -0.320 e. The molecular formula is C12H20N4O2. The van der Waals surface area contributed by atoms with Gasteiger partial charge in [-0.3, -0.25) is 5.32 Å². The predicted octanol–water partition coefficient (Wildman–Crippen LogP) is 1.79. The van der Waals surface area contributed by atoms with Crippen molar-refractivity contribution in [2.45, 2.75) is 57.2 Å². The molecular weight excluding hydrogens is 232 g/mol. The molecule has 2 heterocycles. The number of carbonyl (C=O) groups excluding carboxylic acids is 1. The Bertz CT molecular complexity index is 341. The Morgan fingerprint density at radius 1 is 1.17 bits per heavy atom. The normalized spacial score (nSPS) is 32.3. The number of carbonyl (C=O) groups is 1. The third-order valence-electron chi connectivity index (χ3n) is 4.04. The second-order valence-electron chi connectivity index (χ2n) is 5.36. The first-order chi connectivity index (χ1) is 8.84. The number of hydrogen-bond donors (Lipinski definition) is 1. The van der Waals surface area contributed by atoms with Crippen molar-refractivity contribution in [1.82, 2.24) is 10.5 Å². The second-order valence-corrected chi connectivity index (χ2v) is 5.36. The fourth-order valence-corrected chi connectivity index (χ4v) is 2.95. The number of nitrogens with one attached hydrogen (secondary N) is 1. The van der Waals surface area contributed by atoms with Gasteiger partial charge in [0.15, 0.2) is 6.17 Å². The van der Waals surface area contributed by atoms with Crippen molar-refractivity contribution in [2.24, 2.45) is 16.3 Å². The third-order valence-corrected chi connectivity index (χ3v) is 4.04. The van der Waals surface area contributed by atoms with Crippen molar-refractivity contribution >= 4 is 5.97 Å². The first-order valence-corrected chi connectivity index (χ1v) is 7.00. The molecule has 3 rings (SSSR count). The zero-order chi connectivity index (χ0) is 12.4. The van der Waals surface area contributed by atoms with E-state index in [0.717, 1.165) is 45.1 Å². The lowest BCUT2D eigenvalue weighted by atomic mass is 9.89. The first kappa shape index (κ1) is 11.9. The smallest absolute Gasteiger partial charge is 0.320 e. The zero-order valence-electron chi connectivity index (χ0n) is 10.5. The second kappa shape index (κ2) is 5.22. The van der Waals surface area contributed by atoms with E-state index in [1.807, 2.05) is 0 Å². The molecule has 0 aromatic rings. The van der Waals surface area contributed by atoms with E-state index in [2.05, 4.69) is 15.7 Å². The summed E-state index contributed by atoms with van der Waals surface area (Å²) in [5, 5.41) is 12.8. The topological polar surface area (TPSA) is 66.3 Å². The standard InChI is InChI=1S/C12H20N4O2/c17-12(9-5-2-1-3-6-9)18-16-11-10(14-15-16)7-4-8-13-11/h9-11,13H,1-8H2. The number of hydroxylamine groups is 1. The number of fused-ring (bicyclic) bond motifs is 1. The van der Waals surface area contributed by atoms with Crippen LogP contribution in [0, 0.1) is 5.92 Å². The molecule has 0 spiro atoms. The molecule has 100 valence electrons. The van der Waals surface area contributed by atoms with Gasteiger partial charge in [-0.1, -0.05) is 24.4 Å². The van der Waals surface area contributed by atoms with Crippen LogP contribution in [0.1, 0.15) is 44.9 Å². The van der Waals surface area contributed by atoms with E-state index in [1.54, 1.807) is 0 Å². The molecule has 1 saturated heterocycles. The van der Waals surface area contributed by atoms with Crippen molar-refractivity contribution < 1.29 is 9.63 Å². The molecule has 1 N–H and O–H groups in total. The van der Waals surface area contributed by atoms with Crippen molar-refractivity contribution in [3.05, 3.63) is 0 Å². The zero-order valence-corrected chi connectivity index (χ0v) is 10.5. The van der Waals surface area contributed by atoms with Gasteiger partial charge in [0.1, 0.15) is 6.04 Å². The van der Waals surface area contributed by atoms with E-state index in [-0.39, 0.29) is 24.1 Å². The van der Waals surface area contributed by atoms with E-state index < -0.39 is 0 Å². The largest absolute Gasteiger partial charge is 0.337 e. The fourth-order valence-electron chi connectivity index (χ4n) is 2.95. The van der Waals surface area contributed by atoms with Gasteiger partial charge in [-0.25, -0.2) is 4.79 Å². The van der Waals surface area contributed by atoms with Crippen LogP contribution in [0.25, 0.3) is 0 Å². The number of hydrogen-bond acceptors (Lipinski definition) is 6. The van der Waals surface area contributed by atoms with E-state index in [0.29, 0.717) is 0 Å². The van der Waals surface area contributed by atoms with Gasteiger partial charge in [0.05, 0.1) is 5.92 Å². The SMILES string of the molecule is O=C(ON1N=NC2CCCNC21)C1CCCCC1. The molecule has 6 heteroatoms. The van der Waals surface area contributed by atoms with Gasteiger partial charge in [0, 0.05) is 0 Å². The summed E-state index contributed by atoms with van der Waals surface area (Å²) in [5.41, 5.74) is 0. The number of rotatable bonds is 2. The lowest BCUT2D eigenvalue weighted by Gasteiger charge is -2.29. The summed E-state index contributed by atoms with van der Waals surface area (Å²) >= 11 is 0. The molecule has 0 bridgehead atoms. The summed E-state index contributed by atoms with van der Waals surface area (Å²) in [7, 11) is 0. The lowest BCUT2D eigenvalue weighted by Crippen LogP contribution is -2.50. The lowest BCUT2D eigenvalue weighted by molar-refractivity contribution is -0.209. The Hall–Kier alpha value is -1.17. The van der Waals surface area contributed by atoms with Crippen molar-refractivity contribution in [3.63, 3.8) is 0 Å². The van der Waals surface area contributed by atoms with Crippen LogP contribution in [0.4, 0.5) is 0 Å². The van der Waals surface area contributed by atoms with Gasteiger partial charge in [-0.15, -0.1) is 0 Å². The van der Waals surface area contributed by atoms with Crippen LogP contribution in [0.15, 0.2) is 10.3 Å². The Labute approximate surface area is 107 Å². The molecule has 0 radical (unpaired) electrons. The highest BCUT2D eigenvalue weighted by atomic mass is 16.7. The van der Waals surface area contributed by atoms with Crippen LogP contribution in [-0.4, -0.2) is 29.9 Å². The van der Waals surface area contributed by atoms with E-state index in [1.165, 1.54) is 11.6 Å². The van der Waals surface area contributed by atoms with Crippen LogP contribution in [0.5, 0.6) is 0 Å². The minimum absolute atomic E-state index is 0.0497. The molecule has 0 aromatic heterocycles. The Morgan fingerprint density at radius 2 is 2.00 bits per heavy atom. The van der Waals surface area contributed by atoms with Gasteiger partial charge in [0.25, 0.3) is 0 Å². The quantitative estimate of drug-likeness (QED) is 0.813. The monoisotopic (exact) mass is 252 g/mol. The van der Waals surface area contributed by atoms with Crippen LogP contribution < -0.4 is 5.32 Å². The van der Waals surface area contributed by atoms with E-state index in [4.69, 9.17) is 4.84 Å². The number of nitrogens with zero attached hydrogens (tertiary/aromatic N) is 3. The first-order valence-electron chi connectivity index (χ1n) is 7.00. The Morgan fingerprint density at radius 3 is 2.83 bits per heavy atom. The van der Waals surface area contributed by atoms with Crippen molar-refractivity contribution in [1.29, 1.82) is 0 Å². The molecule has 2 aliphatic heterocycles. The van der Waals surface area contributed by atoms with Crippen molar-refractivity contribution in [2.75, 3.05) is 6.54 Å². The molecule has 0 amide bonds. The highest BCUT2D eigenvalue weighted by molar-refractivity contribution is 5.72. The molecule has 6 nitrogen and oxygen atoms in total. The molecule has 2 fully saturated rings. The summed E-state index contributed by atoms with van der Waals surface area (Å²) < 4.78 is 0. The summed E-state index contributed by atoms with van der Waals surface area (Å²) in [6, 6.07) is 0.137. The van der Waals surface area contributed by atoms with Crippen molar-refractivity contribution in [3.8, 4) is 0 Å². The minimum atomic E-state index is -0.137. The van der Waals surface area contributed by atoms with Crippen LogP contribution >= 0.6 is 0 Å². The average molecular weight is 252 g/mol. The molecule has 1 aliphatic carbocycles. The van der Waals surface area contributed by atoms with Crippen LogP contribution in [0.2, 0.25) is 0 Å². The maximum atomic E-state index is 12.0. The van der Waals surface area contributed by atoms with Gasteiger partial charge < -0.3 is 4.84 Å².